The Morgan fingerprint density at radius 1 is 0.765 bits per heavy atom. The molecule has 0 aliphatic heterocycles. The van der Waals surface area contributed by atoms with Crippen LogP contribution in [0.2, 0.25) is 10.0 Å². The Kier molecular flexibility index (Phi) is 5.97. The van der Waals surface area contributed by atoms with Gasteiger partial charge in [-0.2, -0.15) is 0 Å². The maximum atomic E-state index is 13.0. The van der Waals surface area contributed by atoms with Crippen LogP contribution in [0.1, 0.15) is 0 Å². The van der Waals surface area contributed by atoms with E-state index >= 15 is 0 Å². The second kappa shape index (κ2) is 9.21. The first-order chi connectivity index (χ1) is 16.5. The second-order valence-corrected chi connectivity index (χ2v) is 8.60. The summed E-state index contributed by atoms with van der Waals surface area (Å²) in [5.74, 6) is 1.06. The molecular weight excluding hydrogens is 471 g/mol. The summed E-state index contributed by atoms with van der Waals surface area (Å²) in [5.41, 5.74) is 1.82. The number of fused-ring (bicyclic) bond motifs is 2. The van der Waals surface area contributed by atoms with E-state index in [2.05, 4.69) is 5.32 Å². The van der Waals surface area contributed by atoms with Crippen molar-refractivity contribution in [2.24, 2.45) is 0 Å². The molecule has 0 radical (unpaired) electrons. The van der Waals surface area contributed by atoms with Crippen LogP contribution in [0.25, 0.3) is 21.8 Å². The molecule has 1 aromatic heterocycles. The highest BCUT2D eigenvalue weighted by atomic mass is 35.5. The first kappa shape index (κ1) is 22.0. The van der Waals surface area contributed by atoms with Gasteiger partial charge >= 0.3 is 0 Å². The van der Waals surface area contributed by atoms with Gasteiger partial charge in [-0.3, -0.25) is 9.59 Å². The predicted octanol–water partition coefficient (Wildman–Crippen LogP) is 6.89. The molecule has 0 aliphatic rings. The lowest BCUT2D eigenvalue weighted by Gasteiger charge is -2.15. The number of halogens is 2. The van der Waals surface area contributed by atoms with Gasteiger partial charge in [0, 0.05) is 26.5 Å². The Hall–Kier alpha value is -3.80. The minimum atomic E-state index is -0.235. The van der Waals surface area contributed by atoms with Gasteiger partial charge in [-0.05, 0) is 78.9 Å². The summed E-state index contributed by atoms with van der Waals surface area (Å²) in [4.78, 5) is 25.9. The number of hydrogen-bond acceptors (Lipinski definition) is 3. The first-order valence-electron chi connectivity index (χ1n) is 10.5. The van der Waals surface area contributed by atoms with Crippen molar-refractivity contribution >= 4 is 56.6 Å². The maximum absolute atomic E-state index is 13.0. The molecular formula is C27H18Cl2N2O3. The fourth-order valence-electron chi connectivity index (χ4n) is 3.86. The third kappa shape index (κ3) is 4.49. The molecule has 1 heterocycles. The SMILES string of the molecule is O=C(Cn1c2ccccc2c(=O)c2ccc(Cl)cc21)Nc1ccc(Oc2ccc(Cl)cc2)cc1. The van der Waals surface area contributed by atoms with Crippen molar-refractivity contribution in [1.82, 2.24) is 4.57 Å². The van der Waals surface area contributed by atoms with Crippen LogP contribution in [0.3, 0.4) is 0 Å². The van der Waals surface area contributed by atoms with Gasteiger partial charge in [-0.25, -0.2) is 0 Å². The lowest BCUT2D eigenvalue weighted by Crippen LogP contribution is -2.21. The summed E-state index contributed by atoms with van der Waals surface area (Å²) in [6.45, 7) is 0.0145. The van der Waals surface area contributed by atoms with E-state index in [9.17, 15) is 9.59 Å². The predicted molar refractivity (Wildman–Crippen MR) is 137 cm³/mol. The quantitative estimate of drug-likeness (QED) is 0.274. The van der Waals surface area contributed by atoms with Gasteiger partial charge in [0.1, 0.15) is 18.0 Å². The number of carbonyl (C=O) groups is 1. The standard InChI is InChI=1S/C27H18Cl2N2O3/c28-17-5-10-20(11-6-17)34-21-12-8-19(9-13-21)30-26(32)16-31-24-4-2-1-3-22(24)27(33)23-14-7-18(29)15-25(23)31/h1-15H,16H2,(H,30,32). The molecule has 1 amide bonds. The topological polar surface area (TPSA) is 60.3 Å². The molecule has 0 aliphatic carbocycles. The van der Waals surface area contributed by atoms with Gasteiger partial charge in [0.15, 0.2) is 5.43 Å². The average Bonchev–Trinajstić information content (AvgIpc) is 2.84. The van der Waals surface area contributed by atoms with Crippen molar-refractivity contribution < 1.29 is 9.53 Å². The molecule has 34 heavy (non-hydrogen) atoms. The zero-order valence-electron chi connectivity index (χ0n) is 17.8. The third-order valence-electron chi connectivity index (χ3n) is 5.42. The lowest BCUT2D eigenvalue weighted by molar-refractivity contribution is -0.116. The van der Waals surface area contributed by atoms with Crippen LogP contribution >= 0.6 is 23.2 Å². The molecule has 4 aromatic carbocycles. The van der Waals surface area contributed by atoms with E-state index in [-0.39, 0.29) is 17.9 Å². The summed E-state index contributed by atoms with van der Waals surface area (Å²) in [7, 11) is 0. The zero-order chi connectivity index (χ0) is 23.7. The largest absolute Gasteiger partial charge is 0.457 e. The van der Waals surface area contributed by atoms with Crippen LogP contribution < -0.4 is 15.5 Å². The first-order valence-corrected chi connectivity index (χ1v) is 11.3. The molecule has 0 unspecified atom stereocenters. The number of pyridine rings is 1. The minimum absolute atomic E-state index is 0.0145. The monoisotopic (exact) mass is 488 g/mol. The normalized spacial score (nSPS) is 11.0. The van der Waals surface area contributed by atoms with Gasteiger partial charge < -0.3 is 14.6 Å². The number of carbonyl (C=O) groups excluding carboxylic acids is 1. The molecule has 1 N–H and O–H groups in total. The van der Waals surface area contributed by atoms with Gasteiger partial charge in [0.2, 0.25) is 5.91 Å². The molecule has 0 bridgehead atoms. The highest BCUT2D eigenvalue weighted by molar-refractivity contribution is 6.31. The van der Waals surface area contributed by atoms with E-state index in [1.165, 1.54) is 0 Å². The fraction of sp³-hybridized carbons (Fsp3) is 0.0370. The van der Waals surface area contributed by atoms with Gasteiger partial charge in [0.25, 0.3) is 0 Å². The second-order valence-electron chi connectivity index (χ2n) is 7.72. The van der Waals surface area contributed by atoms with Crippen molar-refractivity contribution in [3.05, 3.63) is 111 Å². The highest BCUT2D eigenvalue weighted by Gasteiger charge is 2.14. The summed E-state index contributed by atoms with van der Waals surface area (Å²) >= 11 is 12.1. The number of nitrogens with one attached hydrogen (secondary N) is 1. The van der Waals surface area contributed by atoms with E-state index in [1.807, 2.05) is 22.8 Å². The fourth-order valence-corrected chi connectivity index (χ4v) is 4.15. The number of nitrogens with zero attached hydrogens (tertiary/aromatic N) is 1. The van der Waals surface area contributed by atoms with Crippen molar-refractivity contribution in [2.45, 2.75) is 6.54 Å². The van der Waals surface area contributed by atoms with E-state index < -0.39 is 0 Å². The summed E-state index contributed by atoms with van der Waals surface area (Å²) in [6, 6.07) is 26.5. The molecule has 7 heteroatoms. The van der Waals surface area contributed by atoms with E-state index in [0.29, 0.717) is 49.0 Å². The smallest absolute Gasteiger partial charge is 0.244 e. The van der Waals surface area contributed by atoms with Crippen molar-refractivity contribution in [3.8, 4) is 11.5 Å². The van der Waals surface area contributed by atoms with E-state index in [1.54, 1.807) is 72.8 Å². The third-order valence-corrected chi connectivity index (χ3v) is 5.91. The van der Waals surface area contributed by atoms with Crippen LogP contribution in [-0.2, 0) is 11.3 Å². The Bertz CT molecular complexity index is 1580. The highest BCUT2D eigenvalue weighted by Crippen LogP contribution is 2.25. The van der Waals surface area contributed by atoms with Crippen LogP contribution in [0.4, 0.5) is 5.69 Å². The minimum Gasteiger partial charge on any atom is -0.457 e. The molecule has 0 saturated carbocycles. The molecule has 0 spiro atoms. The Morgan fingerprint density at radius 3 is 2.12 bits per heavy atom. The van der Waals surface area contributed by atoms with E-state index in [0.717, 1.165) is 0 Å². The number of hydrogen-bond donors (Lipinski definition) is 1. The summed E-state index contributed by atoms with van der Waals surface area (Å²) in [6.07, 6.45) is 0. The van der Waals surface area contributed by atoms with Crippen molar-refractivity contribution in [1.29, 1.82) is 0 Å². The van der Waals surface area contributed by atoms with Crippen LogP contribution in [-0.4, -0.2) is 10.5 Å². The summed E-state index contributed by atoms with van der Waals surface area (Å²) in [5, 5.41) is 5.10. The average molecular weight is 489 g/mol. The van der Waals surface area contributed by atoms with Crippen LogP contribution in [0.5, 0.6) is 11.5 Å². The molecule has 0 fully saturated rings. The Labute approximate surface area is 205 Å². The zero-order valence-corrected chi connectivity index (χ0v) is 19.3. The van der Waals surface area contributed by atoms with Crippen molar-refractivity contribution in [3.63, 3.8) is 0 Å². The molecule has 168 valence electrons. The van der Waals surface area contributed by atoms with Gasteiger partial charge in [-0.15, -0.1) is 0 Å². The van der Waals surface area contributed by atoms with Gasteiger partial charge in [0.05, 0.1) is 11.0 Å². The number of anilines is 1. The number of ether oxygens (including phenoxy) is 1. The van der Waals surface area contributed by atoms with E-state index in [4.69, 9.17) is 27.9 Å². The Balaban J connectivity index is 1.39. The molecule has 5 rings (SSSR count). The number of aromatic nitrogens is 1. The number of rotatable bonds is 5. The number of benzene rings is 4. The van der Waals surface area contributed by atoms with Crippen LogP contribution in [0, 0.1) is 0 Å². The van der Waals surface area contributed by atoms with Gasteiger partial charge in [-0.1, -0.05) is 35.3 Å². The molecule has 0 atom stereocenters. The molecule has 5 nitrogen and oxygen atoms in total. The molecule has 0 saturated heterocycles. The number of para-hydroxylation sites is 1. The maximum Gasteiger partial charge on any atom is 0.244 e. The van der Waals surface area contributed by atoms with Crippen molar-refractivity contribution in [2.75, 3.05) is 5.32 Å². The number of amides is 1. The lowest BCUT2D eigenvalue weighted by atomic mass is 10.1. The summed E-state index contributed by atoms with van der Waals surface area (Å²) < 4.78 is 7.60. The van der Waals surface area contributed by atoms with Crippen LogP contribution in [0.15, 0.2) is 95.8 Å². The molecule has 5 aromatic rings. The Morgan fingerprint density at radius 2 is 1.38 bits per heavy atom.